The minimum absolute atomic E-state index is 0.154. The van der Waals surface area contributed by atoms with Crippen LogP contribution in [0, 0.1) is 20.8 Å². The fourth-order valence-corrected chi connectivity index (χ4v) is 3.38. The minimum atomic E-state index is -0.502. The molecule has 1 saturated heterocycles. The van der Waals surface area contributed by atoms with Gasteiger partial charge in [0.15, 0.2) is 6.61 Å². The van der Waals surface area contributed by atoms with E-state index in [4.69, 9.17) is 9.15 Å². The lowest BCUT2D eigenvalue weighted by Gasteiger charge is -2.34. The predicted molar refractivity (Wildman–Crippen MR) is 102 cm³/mol. The van der Waals surface area contributed by atoms with E-state index in [1.807, 2.05) is 25.1 Å². The minimum Gasteiger partial charge on any atom is -0.465 e. The first-order chi connectivity index (χ1) is 13.0. The number of ether oxygens (including phenoxy) is 1. The van der Waals surface area contributed by atoms with E-state index >= 15 is 0 Å². The molecule has 144 valence electrons. The van der Waals surface area contributed by atoms with Gasteiger partial charge in [-0.05, 0) is 26.3 Å². The smallest absolute Gasteiger partial charge is 0.342 e. The lowest BCUT2D eigenvalue weighted by Crippen LogP contribution is -2.49. The maximum Gasteiger partial charge on any atom is 0.342 e. The van der Waals surface area contributed by atoms with Gasteiger partial charge in [-0.3, -0.25) is 9.69 Å². The Morgan fingerprint density at radius 3 is 2.26 bits per heavy atom. The predicted octanol–water partition coefficient (Wildman–Crippen LogP) is 2.71. The number of amides is 1. The molecule has 0 radical (unpaired) electrons. The fraction of sp³-hybridized carbons (Fsp3) is 0.429. The standard InChI is InChI=1S/C21H26N2O4/c1-15-16(2)27-17(3)20(15)21(25)26-14-19(24)23-11-9-22(10-12-23)13-18-7-5-4-6-8-18/h4-8H,9-14H2,1-3H3. The highest BCUT2D eigenvalue weighted by Crippen LogP contribution is 2.21. The number of rotatable bonds is 5. The maximum absolute atomic E-state index is 12.4. The molecule has 0 unspecified atom stereocenters. The molecule has 1 aliphatic heterocycles. The summed E-state index contributed by atoms with van der Waals surface area (Å²) in [7, 11) is 0. The number of hydrogen-bond donors (Lipinski definition) is 0. The van der Waals surface area contributed by atoms with Crippen molar-refractivity contribution in [1.29, 1.82) is 0 Å². The van der Waals surface area contributed by atoms with Gasteiger partial charge in [0.05, 0.1) is 0 Å². The monoisotopic (exact) mass is 370 g/mol. The molecule has 0 N–H and O–H groups in total. The number of hydrogen-bond acceptors (Lipinski definition) is 5. The first-order valence-electron chi connectivity index (χ1n) is 9.23. The first kappa shape index (κ1) is 19.2. The molecule has 3 rings (SSSR count). The summed E-state index contributed by atoms with van der Waals surface area (Å²) >= 11 is 0. The molecule has 0 spiro atoms. The van der Waals surface area contributed by atoms with Gasteiger partial charge in [0, 0.05) is 38.3 Å². The number of esters is 1. The highest BCUT2D eigenvalue weighted by Gasteiger charge is 2.24. The molecule has 2 aromatic rings. The van der Waals surface area contributed by atoms with E-state index in [-0.39, 0.29) is 12.5 Å². The van der Waals surface area contributed by atoms with Crippen LogP contribution in [0.3, 0.4) is 0 Å². The second-order valence-corrected chi connectivity index (χ2v) is 6.93. The van der Waals surface area contributed by atoms with Crippen LogP contribution in [0.2, 0.25) is 0 Å². The molecule has 1 aromatic heterocycles. The van der Waals surface area contributed by atoms with Gasteiger partial charge in [0.25, 0.3) is 5.91 Å². The number of benzene rings is 1. The first-order valence-corrected chi connectivity index (χ1v) is 9.23. The molecular weight excluding hydrogens is 344 g/mol. The fourth-order valence-electron chi connectivity index (χ4n) is 3.38. The van der Waals surface area contributed by atoms with Crippen LogP contribution in [0.5, 0.6) is 0 Å². The molecule has 0 bridgehead atoms. The lowest BCUT2D eigenvalue weighted by atomic mass is 10.1. The van der Waals surface area contributed by atoms with Crippen LogP contribution >= 0.6 is 0 Å². The SMILES string of the molecule is Cc1oc(C)c(C(=O)OCC(=O)N2CCN(Cc3ccccc3)CC2)c1C. The summed E-state index contributed by atoms with van der Waals surface area (Å²) in [6.45, 7) is 8.91. The summed E-state index contributed by atoms with van der Waals surface area (Å²) in [5.41, 5.74) is 2.46. The molecule has 0 aliphatic carbocycles. The van der Waals surface area contributed by atoms with E-state index in [0.29, 0.717) is 30.2 Å². The van der Waals surface area contributed by atoms with Gasteiger partial charge in [-0.1, -0.05) is 30.3 Å². The topological polar surface area (TPSA) is 63.0 Å². The van der Waals surface area contributed by atoms with Crippen molar-refractivity contribution in [2.45, 2.75) is 27.3 Å². The Morgan fingerprint density at radius 1 is 1.00 bits per heavy atom. The molecule has 1 amide bonds. The zero-order valence-electron chi connectivity index (χ0n) is 16.2. The van der Waals surface area contributed by atoms with E-state index in [0.717, 1.165) is 25.2 Å². The summed E-state index contributed by atoms with van der Waals surface area (Å²) in [5, 5.41) is 0. The van der Waals surface area contributed by atoms with Gasteiger partial charge in [0.2, 0.25) is 0 Å². The van der Waals surface area contributed by atoms with E-state index < -0.39 is 5.97 Å². The summed E-state index contributed by atoms with van der Waals surface area (Å²) in [6, 6.07) is 10.3. The quantitative estimate of drug-likeness (QED) is 0.758. The second-order valence-electron chi connectivity index (χ2n) is 6.93. The number of aryl methyl sites for hydroxylation is 2. The lowest BCUT2D eigenvalue weighted by molar-refractivity contribution is -0.136. The van der Waals surface area contributed by atoms with Gasteiger partial charge >= 0.3 is 5.97 Å². The summed E-state index contributed by atoms with van der Waals surface area (Å²) in [4.78, 5) is 28.7. The highest BCUT2D eigenvalue weighted by atomic mass is 16.5. The van der Waals surface area contributed by atoms with E-state index in [2.05, 4.69) is 17.0 Å². The number of carbonyl (C=O) groups is 2. The second kappa shape index (κ2) is 8.39. The maximum atomic E-state index is 12.4. The van der Waals surface area contributed by atoms with Crippen LogP contribution in [0.1, 0.15) is 33.0 Å². The molecule has 6 nitrogen and oxygen atoms in total. The third-order valence-corrected chi connectivity index (χ3v) is 5.07. The molecule has 2 heterocycles. The van der Waals surface area contributed by atoms with Crippen molar-refractivity contribution in [3.05, 3.63) is 58.5 Å². The normalized spacial score (nSPS) is 15.0. The Bertz CT molecular complexity index is 805. The molecule has 27 heavy (non-hydrogen) atoms. The van der Waals surface area contributed by atoms with Crippen molar-refractivity contribution >= 4 is 11.9 Å². The Morgan fingerprint density at radius 2 is 1.67 bits per heavy atom. The van der Waals surface area contributed by atoms with Crippen molar-refractivity contribution in [2.24, 2.45) is 0 Å². The Kier molecular flexibility index (Phi) is 5.96. The van der Waals surface area contributed by atoms with Crippen LogP contribution in [0.15, 0.2) is 34.7 Å². The molecule has 0 atom stereocenters. The van der Waals surface area contributed by atoms with Crippen LogP contribution in [0.4, 0.5) is 0 Å². The molecule has 1 aromatic carbocycles. The van der Waals surface area contributed by atoms with Crippen molar-refractivity contribution in [3.63, 3.8) is 0 Å². The van der Waals surface area contributed by atoms with E-state index in [1.54, 1.807) is 18.7 Å². The van der Waals surface area contributed by atoms with Crippen LogP contribution < -0.4 is 0 Å². The Balaban J connectivity index is 1.46. The van der Waals surface area contributed by atoms with Crippen molar-refractivity contribution in [2.75, 3.05) is 32.8 Å². The number of furan rings is 1. The van der Waals surface area contributed by atoms with Crippen LogP contribution in [-0.2, 0) is 16.1 Å². The number of carbonyl (C=O) groups excluding carboxylic acids is 2. The average molecular weight is 370 g/mol. The average Bonchev–Trinajstić information content (AvgIpc) is 2.93. The number of nitrogens with zero attached hydrogens (tertiary/aromatic N) is 2. The van der Waals surface area contributed by atoms with Gasteiger partial charge in [-0.2, -0.15) is 0 Å². The largest absolute Gasteiger partial charge is 0.465 e. The molecular formula is C21H26N2O4. The zero-order chi connectivity index (χ0) is 19.4. The number of piperazine rings is 1. The summed E-state index contributed by atoms with van der Waals surface area (Å²) in [6.07, 6.45) is 0. The van der Waals surface area contributed by atoms with Gasteiger partial charge in [-0.15, -0.1) is 0 Å². The molecule has 1 aliphatic rings. The van der Waals surface area contributed by atoms with Gasteiger partial charge in [0.1, 0.15) is 17.1 Å². The molecule has 1 fully saturated rings. The van der Waals surface area contributed by atoms with E-state index in [1.165, 1.54) is 5.56 Å². The molecule has 6 heteroatoms. The third-order valence-electron chi connectivity index (χ3n) is 5.07. The Labute approximate surface area is 159 Å². The molecule has 0 saturated carbocycles. The highest BCUT2D eigenvalue weighted by molar-refractivity contribution is 5.93. The van der Waals surface area contributed by atoms with Crippen molar-refractivity contribution in [1.82, 2.24) is 9.80 Å². The van der Waals surface area contributed by atoms with Crippen LogP contribution in [-0.4, -0.2) is 54.5 Å². The van der Waals surface area contributed by atoms with Crippen molar-refractivity contribution in [3.8, 4) is 0 Å². The van der Waals surface area contributed by atoms with Gasteiger partial charge < -0.3 is 14.1 Å². The summed E-state index contributed by atoms with van der Waals surface area (Å²) < 4.78 is 10.7. The summed E-state index contributed by atoms with van der Waals surface area (Å²) in [5.74, 6) is 0.563. The zero-order valence-corrected chi connectivity index (χ0v) is 16.2. The third kappa shape index (κ3) is 4.57. The van der Waals surface area contributed by atoms with Gasteiger partial charge in [-0.25, -0.2) is 4.79 Å². The van der Waals surface area contributed by atoms with Crippen LogP contribution in [0.25, 0.3) is 0 Å². The van der Waals surface area contributed by atoms with Crippen molar-refractivity contribution < 1.29 is 18.7 Å². The van der Waals surface area contributed by atoms with E-state index in [9.17, 15) is 9.59 Å². The Hall–Kier alpha value is -2.60.